The fourth-order valence-electron chi connectivity index (χ4n) is 1.42. The highest BCUT2D eigenvalue weighted by Crippen LogP contribution is 2.29. The Morgan fingerprint density at radius 2 is 1.94 bits per heavy atom. The van der Waals surface area contributed by atoms with Crippen LogP contribution in [0.2, 0.25) is 0 Å². The summed E-state index contributed by atoms with van der Waals surface area (Å²) >= 11 is 0. The Bertz CT molecular complexity index is 393. The monoisotopic (exact) mass is 253 g/mol. The third kappa shape index (κ3) is 4.16. The molecule has 18 heavy (non-hydrogen) atoms. The second-order valence-corrected chi connectivity index (χ2v) is 3.45. The lowest BCUT2D eigenvalue weighted by atomic mass is 10.2. The molecule has 1 aromatic carbocycles. The van der Waals surface area contributed by atoms with Crippen LogP contribution in [0.4, 0.5) is 5.69 Å². The van der Waals surface area contributed by atoms with E-state index in [1.54, 1.807) is 6.07 Å². The van der Waals surface area contributed by atoms with Gasteiger partial charge >= 0.3 is 5.97 Å². The number of esters is 1. The zero-order chi connectivity index (χ0) is 13.4. The smallest absolute Gasteiger partial charge is 0.325 e. The molecule has 100 valence electrons. The maximum atomic E-state index is 11.1. The minimum atomic E-state index is -0.334. The fraction of sp³-hybridized carbons (Fsp3) is 0.462. The van der Waals surface area contributed by atoms with Crippen molar-refractivity contribution in [3.05, 3.63) is 18.2 Å². The number of rotatable bonds is 7. The van der Waals surface area contributed by atoms with Crippen LogP contribution in [0.25, 0.3) is 0 Å². The summed E-state index contributed by atoms with van der Waals surface area (Å²) in [6.45, 7) is 5.05. The summed E-state index contributed by atoms with van der Waals surface area (Å²) in [6.07, 6.45) is 0. The first-order valence-corrected chi connectivity index (χ1v) is 5.91. The van der Waals surface area contributed by atoms with Crippen molar-refractivity contribution in [3.63, 3.8) is 0 Å². The second kappa shape index (κ2) is 7.42. The van der Waals surface area contributed by atoms with E-state index in [1.807, 2.05) is 26.0 Å². The quantitative estimate of drug-likeness (QED) is 0.754. The Labute approximate surface area is 107 Å². The number of carbonyl (C=O) groups excluding carboxylic acids is 1. The zero-order valence-corrected chi connectivity index (χ0v) is 11.0. The Hall–Kier alpha value is -1.91. The number of anilines is 1. The van der Waals surface area contributed by atoms with E-state index in [0.29, 0.717) is 24.7 Å². The fourth-order valence-corrected chi connectivity index (χ4v) is 1.42. The molecule has 1 aromatic rings. The van der Waals surface area contributed by atoms with Gasteiger partial charge in [0.15, 0.2) is 0 Å². The molecule has 0 amide bonds. The second-order valence-electron chi connectivity index (χ2n) is 3.45. The molecule has 0 spiro atoms. The Morgan fingerprint density at radius 1 is 1.22 bits per heavy atom. The molecule has 0 heterocycles. The summed E-state index contributed by atoms with van der Waals surface area (Å²) in [7, 11) is 1.35. The van der Waals surface area contributed by atoms with E-state index in [2.05, 4.69) is 10.1 Å². The minimum absolute atomic E-state index is 0.0894. The van der Waals surface area contributed by atoms with Gasteiger partial charge in [0, 0.05) is 6.07 Å². The number of hydrogen-bond donors (Lipinski definition) is 1. The lowest BCUT2D eigenvalue weighted by Crippen LogP contribution is -2.15. The Balaban J connectivity index is 2.81. The minimum Gasteiger partial charge on any atom is -0.494 e. The van der Waals surface area contributed by atoms with Gasteiger partial charge < -0.3 is 19.5 Å². The number of carbonyl (C=O) groups is 1. The van der Waals surface area contributed by atoms with E-state index in [-0.39, 0.29) is 12.5 Å². The average molecular weight is 253 g/mol. The van der Waals surface area contributed by atoms with Crippen molar-refractivity contribution in [3.8, 4) is 11.5 Å². The van der Waals surface area contributed by atoms with Crippen LogP contribution in [0.15, 0.2) is 18.2 Å². The van der Waals surface area contributed by atoms with Gasteiger partial charge in [-0.1, -0.05) is 0 Å². The van der Waals surface area contributed by atoms with Gasteiger partial charge in [0.25, 0.3) is 0 Å². The van der Waals surface area contributed by atoms with Crippen molar-refractivity contribution in [2.75, 3.05) is 32.2 Å². The topological polar surface area (TPSA) is 56.8 Å². The summed E-state index contributed by atoms with van der Waals surface area (Å²) in [5, 5.41) is 2.97. The van der Waals surface area contributed by atoms with Crippen LogP contribution in [0.1, 0.15) is 13.8 Å². The molecular weight excluding hydrogens is 234 g/mol. The highest BCUT2D eigenvalue weighted by Gasteiger charge is 2.07. The van der Waals surface area contributed by atoms with E-state index in [0.717, 1.165) is 5.75 Å². The van der Waals surface area contributed by atoms with Crippen molar-refractivity contribution in [2.24, 2.45) is 0 Å². The molecule has 0 bridgehead atoms. The number of hydrogen-bond acceptors (Lipinski definition) is 5. The highest BCUT2D eigenvalue weighted by molar-refractivity contribution is 5.76. The predicted octanol–water partition coefficient (Wildman–Crippen LogP) is 2.07. The molecule has 0 radical (unpaired) electrons. The van der Waals surface area contributed by atoms with Crippen LogP contribution in [0.3, 0.4) is 0 Å². The first-order valence-electron chi connectivity index (χ1n) is 5.91. The molecule has 0 atom stereocenters. The van der Waals surface area contributed by atoms with Crippen LogP contribution in [0.5, 0.6) is 11.5 Å². The predicted molar refractivity (Wildman–Crippen MR) is 69.3 cm³/mol. The van der Waals surface area contributed by atoms with Crippen molar-refractivity contribution >= 4 is 11.7 Å². The summed E-state index contributed by atoms with van der Waals surface area (Å²) in [5.41, 5.74) is 0.716. The van der Waals surface area contributed by atoms with E-state index in [4.69, 9.17) is 9.47 Å². The Kier molecular flexibility index (Phi) is 5.84. The molecule has 0 saturated carbocycles. The standard InChI is InChI=1S/C13H19NO4/c1-4-17-10-6-7-12(18-5-2)11(8-10)14-9-13(15)16-3/h6-8,14H,4-5,9H2,1-3H3. The first-order chi connectivity index (χ1) is 8.71. The van der Waals surface area contributed by atoms with Crippen LogP contribution < -0.4 is 14.8 Å². The molecule has 0 aromatic heterocycles. The largest absolute Gasteiger partial charge is 0.494 e. The molecule has 0 aliphatic heterocycles. The third-order valence-corrected chi connectivity index (χ3v) is 2.21. The lowest BCUT2D eigenvalue weighted by molar-refractivity contribution is -0.138. The molecule has 1 N–H and O–H groups in total. The summed E-state index contributed by atoms with van der Waals surface area (Å²) in [6, 6.07) is 5.45. The van der Waals surface area contributed by atoms with Crippen LogP contribution in [-0.2, 0) is 9.53 Å². The van der Waals surface area contributed by atoms with Gasteiger partial charge in [0.05, 0.1) is 26.0 Å². The molecule has 0 aliphatic rings. The van der Waals surface area contributed by atoms with Crippen molar-refractivity contribution < 1.29 is 19.0 Å². The highest BCUT2D eigenvalue weighted by atomic mass is 16.5. The number of ether oxygens (including phenoxy) is 3. The van der Waals surface area contributed by atoms with Gasteiger partial charge in [-0.25, -0.2) is 0 Å². The molecule has 0 saturated heterocycles. The average Bonchev–Trinajstić information content (AvgIpc) is 2.39. The summed E-state index contributed by atoms with van der Waals surface area (Å²) < 4.78 is 15.4. The van der Waals surface area contributed by atoms with Gasteiger partial charge in [-0.2, -0.15) is 0 Å². The van der Waals surface area contributed by atoms with E-state index in [1.165, 1.54) is 7.11 Å². The van der Waals surface area contributed by atoms with Crippen molar-refractivity contribution in [1.29, 1.82) is 0 Å². The molecule has 1 rings (SSSR count). The lowest BCUT2D eigenvalue weighted by Gasteiger charge is -2.13. The van der Waals surface area contributed by atoms with Gasteiger partial charge in [-0.15, -0.1) is 0 Å². The van der Waals surface area contributed by atoms with Crippen LogP contribution in [0, 0.1) is 0 Å². The number of benzene rings is 1. The molecule has 0 fully saturated rings. The van der Waals surface area contributed by atoms with E-state index in [9.17, 15) is 4.79 Å². The van der Waals surface area contributed by atoms with E-state index >= 15 is 0 Å². The molecule has 0 unspecified atom stereocenters. The third-order valence-electron chi connectivity index (χ3n) is 2.21. The van der Waals surface area contributed by atoms with Gasteiger partial charge in [0.2, 0.25) is 0 Å². The molecular formula is C13H19NO4. The maximum Gasteiger partial charge on any atom is 0.325 e. The first kappa shape index (κ1) is 14.2. The van der Waals surface area contributed by atoms with E-state index < -0.39 is 0 Å². The number of nitrogens with one attached hydrogen (secondary N) is 1. The normalized spacial score (nSPS) is 9.72. The van der Waals surface area contributed by atoms with Crippen LogP contribution >= 0.6 is 0 Å². The molecule has 5 heteroatoms. The molecule has 5 nitrogen and oxygen atoms in total. The van der Waals surface area contributed by atoms with Crippen molar-refractivity contribution in [1.82, 2.24) is 0 Å². The van der Waals surface area contributed by atoms with Gasteiger partial charge in [-0.05, 0) is 26.0 Å². The zero-order valence-electron chi connectivity index (χ0n) is 11.0. The van der Waals surface area contributed by atoms with Crippen molar-refractivity contribution in [2.45, 2.75) is 13.8 Å². The van der Waals surface area contributed by atoms with Gasteiger partial charge in [0.1, 0.15) is 18.0 Å². The molecule has 0 aliphatic carbocycles. The summed E-state index contributed by atoms with van der Waals surface area (Å²) in [5.74, 6) is 1.08. The summed E-state index contributed by atoms with van der Waals surface area (Å²) in [4.78, 5) is 11.1. The number of methoxy groups -OCH3 is 1. The maximum absolute atomic E-state index is 11.1. The van der Waals surface area contributed by atoms with Crippen LogP contribution in [-0.4, -0.2) is 32.8 Å². The Morgan fingerprint density at radius 3 is 2.56 bits per heavy atom. The van der Waals surface area contributed by atoms with Gasteiger partial charge in [-0.3, -0.25) is 4.79 Å². The SMILES string of the molecule is CCOc1ccc(OCC)c(NCC(=O)OC)c1.